The first-order chi connectivity index (χ1) is 7.83. The Morgan fingerprint density at radius 1 is 1.25 bits per heavy atom. The van der Waals surface area contributed by atoms with Gasteiger partial charge in [-0.25, -0.2) is 0 Å². The average molecular weight is 225 g/mol. The Hall–Kier alpha value is -0.610. The van der Waals surface area contributed by atoms with Crippen LogP contribution in [0.4, 0.5) is 0 Å². The van der Waals surface area contributed by atoms with Gasteiger partial charge in [0.25, 0.3) is 0 Å². The molecule has 2 rings (SSSR count). The molecule has 1 saturated heterocycles. The lowest BCUT2D eigenvalue weighted by atomic mass is 9.94. The number of carbonyl (C=O) groups excluding carboxylic acids is 1. The molecule has 1 aliphatic carbocycles. The summed E-state index contributed by atoms with van der Waals surface area (Å²) in [7, 11) is 0. The van der Waals surface area contributed by atoms with Crippen LogP contribution < -0.4 is 11.1 Å². The van der Waals surface area contributed by atoms with Gasteiger partial charge in [-0.05, 0) is 38.3 Å². The minimum atomic E-state index is 0.211. The molecule has 2 aliphatic rings. The second-order valence-electron chi connectivity index (χ2n) is 4.96. The number of hydrogen-bond acceptors (Lipinski definition) is 3. The van der Waals surface area contributed by atoms with E-state index in [0.717, 1.165) is 45.4 Å². The van der Waals surface area contributed by atoms with Crippen LogP contribution in [-0.2, 0) is 4.79 Å². The van der Waals surface area contributed by atoms with Gasteiger partial charge in [0.2, 0.25) is 5.91 Å². The molecule has 1 heterocycles. The first-order valence-electron chi connectivity index (χ1n) is 6.52. The largest absolute Gasteiger partial charge is 0.341 e. The van der Waals surface area contributed by atoms with Crippen LogP contribution in [0.25, 0.3) is 0 Å². The maximum absolute atomic E-state index is 12.4. The van der Waals surface area contributed by atoms with E-state index in [-0.39, 0.29) is 5.92 Å². The van der Waals surface area contributed by atoms with Gasteiger partial charge in [0.15, 0.2) is 0 Å². The normalized spacial score (nSPS) is 31.4. The molecule has 2 unspecified atom stereocenters. The zero-order chi connectivity index (χ0) is 11.4. The van der Waals surface area contributed by atoms with Crippen molar-refractivity contribution in [2.24, 2.45) is 17.6 Å². The fraction of sp³-hybridized carbons (Fsp3) is 0.917. The molecule has 2 atom stereocenters. The maximum Gasteiger partial charge on any atom is 0.226 e. The van der Waals surface area contributed by atoms with Gasteiger partial charge in [-0.3, -0.25) is 4.79 Å². The molecule has 0 spiro atoms. The van der Waals surface area contributed by atoms with E-state index < -0.39 is 0 Å². The van der Waals surface area contributed by atoms with E-state index in [0.29, 0.717) is 18.4 Å². The van der Waals surface area contributed by atoms with Gasteiger partial charge < -0.3 is 16.0 Å². The molecular formula is C12H23N3O. The van der Waals surface area contributed by atoms with Crippen LogP contribution in [0.3, 0.4) is 0 Å². The van der Waals surface area contributed by atoms with Crippen LogP contribution >= 0.6 is 0 Å². The van der Waals surface area contributed by atoms with Crippen molar-refractivity contribution >= 4 is 5.91 Å². The second kappa shape index (κ2) is 5.64. The maximum atomic E-state index is 12.4. The first kappa shape index (κ1) is 11.9. The van der Waals surface area contributed by atoms with Crippen molar-refractivity contribution in [3.63, 3.8) is 0 Å². The number of hydrogen-bond donors (Lipinski definition) is 2. The zero-order valence-corrected chi connectivity index (χ0v) is 9.95. The molecule has 1 saturated carbocycles. The fourth-order valence-electron chi connectivity index (χ4n) is 2.94. The van der Waals surface area contributed by atoms with Gasteiger partial charge in [0.05, 0.1) is 0 Å². The number of carbonyl (C=O) groups is 1. The summed E-state index contributed by atoms with van der Waals surface area (Å²) in [4.78, 5) is 14.4. The van der Waals surface area contributed by atoms with Crippen LogP contribution in [0.1, 0.15) is 25.7 Å². The molecule has 0 radical (unpaired) electrons. The van der Waals surface area contributed by atoms with E-state index in [2.05, 4.69) is 5.32 Å². The Morgan fingerprint density at radius 3 is 2.94 bits per heavy atom. The van der Waals surface area contributed by atoms with Gasteiger partial charge in [0, 0.05) is 25.6 Å². The van der Waals surface area contributed by atoms with E-state index >= 15 is 0 Å². The van der Waals surface area contributed by atoms with Crippen LogP contribution in [0, 0.1) is 11.8 Å². The zero-order valence-electron chi connectivity index (χ0n) is 9.95. The summed E-state index contributed by atoms with van der Waals surface area (Å²) < 4.78 is 0. The third-order valence-corrected chi connectivity index (χ3v) is 3.93. The summed E-state index contributed by atoms with van der Waals surface area (Å²) in [6.45, 7) is 4.43. The molecule has 0 aromatic rings. The predicted molar refractivity (Wildman–Crippen MR) is 64.0 cm³/mol. The number of rotatable bonds is 2. The van der Waals surface area contributed by atoms with Crippen LogP contribution in [0.5, 0.6) is 0 Å². The molecule has 1 aliphatic heterocycles. The molecule has 4 nitrogen and oxygen atoms in total. The number of nitrogens with two attached hydrogens (primary N) is 1. The highest BCUT2D eigenvalue weighted by molar-refractivity contribution is 5.79. The first-order valence-corrected chi connectivity index (χ1v) is 6.52. The molecule has 4 heteroatoms. The summed E-state index contributed by atoms with van der Waals surface area (Å²) in [5.74, 6) is 1.00. The number of nitrogens with zero attached hydrogens (tertiary/aromatic N) is 1. The molecule has 2 fully saturated rings. The SMILES string of the molecule is NCC1CCCC1C(=O)N1CCCNCC1. The third-order valence-electron chi connectivity index (χ3n) is 3.93. The highest BCUT2D eigenvalue weighted by Gasteiger charge is 2.34. The quantitative estimate of drug-likeness (QED) is 0.705. The Kier molecular flexibility index (Phi) is 4.18. The summed E-state index contributed by atoms with van der Waals surface area (Å²) in [5, 5.41) is 3.33. The lowest BCUT2D eigenvalue weighted by Crippen LogP contribution is -2.40. The molecule has 0 bridgehead atoms. The standard InChI is InChI=1S/C12H23N3O/c13-9-10-3-1-4-11(10)12(16)15-7-2-5-14-6-8-15/h10-11,14H,1-9,13H2. The number of amides is 1. The highest BCUT2D eigenvalue weighted by Crippen LogP contribution is 2.32. The van der Waals surface area contributed by atoms with Crippen LogP contribution in [0.15, 0.2) is 0 Å². The van der Waals surface area contributed by atoms with E-state index in [1.807, 2.05) is 4.90 Å². The summed E-state index contributed by atoms with van der Waals surface area (Å²) in [6.07, 6.45) is 4.43. The Bertz CT molecular complexity index is 236. The van der Waals surface area contributed by atoms with Crippen molar-refractivity contribution in [2.75, 3.05) is 32.7 Å². The summed E-state index contributed by atoms with van der Waals surface area (Å²) >= 11 is 0. The van der Waals surface area contributed by atoms with Crippen molar-refractivity contribution in [2.45, 2.75) is 25.7 Å². The summed E-state index contributed by atoms with van der Waals surface area (Å²) in [6, 6.07) is 0. The van der Waals surface area contributed by atoms with Crippen molar-refractivity contribution < 1.29 is 4.79 Å². The second-order valence-corrected chi connectivity index (χ2v) is 4.96. The Labute approximate surface area is 97.6 Å². The Morgan fingerprint density at radius 2 is 2.12 bits per heavy atom. The summed E-state index contributed by atoms with van der Waals surface area (Å²) in [5.41, 5.74) is 5.74. The fourth-order valence-corrected chi connectivity index (χ4v) is 2.94. The van der Waals surface area contributed by atoms with Gasteiger partial charge in [-0.1, -0.05) is 6.42 Å². The molecule has 16 heavy (non-hydrogen) atoms. The Balaban J connectivity index is 1.94. The van der Waals surface area contributed by atoms with E-state index in [4.69, 9.17) is 5.73 Å². The topological polar surface area (TPSA) is 58.4 Å². The molecule has 92 valence electrons. The monoisotopic (exact) mass is 225 g/mol. The predicted octanol–water partition coefficient (Wildman–Crippen LogP) is 0.183. The van der Waals surface area contributed by atoms with Gasteiger partial charge in [0.1, 0.15) is 0 Å². The van der Waals surface area contributed by atoms with E-state index in [1.165, 1.54) is 6.42 Å². The van der Waals surface area contributed by atoms with Crippen LogP contribution in [0.2, 0.25) is 0 Å². The third kappa shape index (κ3) is 2.55. The van der Waals surface area contributed by atoms with E-state index in [9.17, 15) is 4.79 Å². The molecular weight excluding hydrogens is 202 g/mol. The highest BCUT2D eigenvalue weighted by atomic mass is 16.2. The average Bonchev–Trinajstić information content (AvgIpc) is 2.61. The number of nitrogens with one attached hydrogen (secondary N) is 1. The van der Waals surface area contributed by atoms with Gasteiger partial charge in [-0.15, -0.1) is 0 Å². The minimum Gasteiger partial charge on any atom is -0.341 e. The van der Waals surface area contributed by atoms with Gasteiger partial charge in [-0.2, -0.15) is 0 Å². The van der Waals surface area contributed by atoms with Crippen molar-refractivity contribution in [1.82, 2.24) is 10.2 Å². The van der Waals surface area contributed by atoms with Crippen LogP contribution in [-0.4, -0.2) is 43.5 Å². The lowest BCUT2D eigenvalue weighted by molar-refractivity contribution is -0.136. The molecule has 1 amide bonds. The molecule has 0 aromatic carbocycles. The van der Waals surface area contributed by atoms with Gasteiger partial charge >= 0.3 is 0 Å². The molecule has 3 N–H and O–H groups in total. The minimum absolute atomic E-state index is 0.211. The lowest BCUT2D eigenvalue weighted by Gasteiger charge is -2.26. The van der Waals surface area contributed by atoms with E-state index in [1.54, 1.807) is 0 Å². The molecule has 0 aromatic heterocycles. The van der Waals surface area contributed by atoms with Crippen molar-refractivity contribution in [1.29, 1.82) is 0 Å². The van der Waals surface area contributed by atoms with Crippen molar-refractivity contribution in [3.05, 3.63) is 0 Å². The smallest absolute Gasteiger partial charge is 0.226 e. The van der Waals surface area contributed by atoms with Crippen molar-refractivity contribution in [3.8, 4) is 0 Å².